The second-order valence-electron chi connectivity index (χ2n) is 16.8. The third kappa shape index (κ3) is 12.0. The van der Waals surface area contributed by atoms with Crippen molar-refractivity contribution in [3.8, 4) is 0 Å². The average molecular weight is 702 g/mol. The molecule has 3 nitrogen and oxygen atoms in total. The van der Waals surface area contributed by atoms with Crippen molar-refractivity contribution >= 4 is 22.8 Å². The third-order valence-electron chi connectivity index (χ3n) is 12.1. The molecule has 52 heavy (non-hydrogen) atoms. The highest BCUT2D eigenvalue weighted by atomic mass is 14.8. The number of hydrogen-bond acceptors (Lipinski definition) is 3. The summed E-state index contributed by atoms with van der Waals surface area (Å²) >= 11 is 0. The summed E-state index contributed by atoms with van der Waals surface area (Å²) in [6, 6.07) is 15.9. The van der Waals surface area contributed by atoms with Gasteiger partial charge in [-0.3, -0.25) is 9.98 Å². The van der Waals surface area contributed by atoms with Crippen LogP contribution >= 0.6 is 0 Å². The summed E-state index contributed by atoms with van der Waals surface area (Å²) in [5, 5.41) is 0. The van der Waals surface area contributed by atoms with Crippen LogP contribution in [-0.2, 0) is 0 Å². The van der Waals surface area contributed by atoms with Crippen molar-refractivity contribution < 1.29 is 0 Å². The molecule has 0 bridgehead atoms. The maximum Gasteiger partial charge on any atom is 0.0849 e. The van der Waals surface area contributed by atoms with E-state index in [9.17, 15) is 0 Å². The monoisotopic (exact) mass is 702 g/mol. The van der Waals surface area contributed by atoms with Crippen molar-refractivity contribution in [2.75, 3.05) is 0 Å². The molecule has 3 aromatic rings. The van der Waals surface area contributed by atoms with Crippen LogP contribution in [0, 0.1) is 27.7 Å². The molecule has 0 unspecified atom stereocenters. The molecule has 0 radical (unpaired) electrons. The van der Waals surface area contributed by atoms with E-state index in [1.165, 1.54) is 186 Å². The summed E-state index contributed by atoms with van der Waals surface area (Å²) in [7, 11) is 0. The van der Waals surface area contributed by atoms with E-state index in [4.69, 9.17) is 15.0 Å². The van der Waals surface area contributed by atoms with Gasteiger partial charge in [0.25, 0.3) is 0 Å². The Bertz CT molecular complexity index is 1490. The maximum atomic E-state index is 5.42. The summed E-state index contributed by atoms with van der Waals surface area (Å²) in [6.07, 6.45) is 29.9. The second kappa shape index (κ2) is 21.0. The number of aromatic nitrogens is 1. The lowest BCUT2D eigenvalue weighted by Gasteiger charge is -2.22. The highest BCUT2D eigenvalue weighted by Gasteiger charge is 2.20. The van der Waals surface area contributed by atoms with E-state index in [0.29, 0.717) is 11.8 Å². The Morgan fingerprint density at radius 2 is 0.769 bits per heavy atom. The first-order chi connectivity index (χ1) is 25.3. The summed E-state index contributed by atoms with van der Waals surface area (Å²) < 4.78 is 0. The van der Waals surface area contributed by atoms with E-state index in [2.05, 4.69) is 84.0 Å². The van der Waals surface area contributed by atoms with Gasteiger partial charge in [-0.05, 0) is 113 Å². The number of rotatable bonds is 6. The fraction of sp³-hybridized carbons (Fsp3) is 0.612. The molecule has 2 aromatic carbocycles. The van der Waals surface area contributed by atoms with Crippen molar-refractivity contribution in [2.45, 2.75) is 195 Å². The molecule has 2 aliphatic carbocycles. The van der Waals surface area contributed by atoms with E-state index in [1.807, 2.05) is 0 Å². The molecule has 0 saturated heterocycles. The van der Waals surface area contributed by atoms with Gasteiger partial charge in [-0.2, -0.15) is 0 Å². The van der Waals surface area contributed by atoms with Crippen LogP contribution in [0.1, 0.15) is 212 Å². The van der Waals surface area contributed by atoms with Crippen molar-refractivity contribution in [2.24, 2.45) is 9.98 Å². The Balaban J connectivity index is 1.43. The fourth-order valence-electron chi connectivity index (χ4n) is 9.15. The van der Waals surface area contributed by atoms with Crippen LogP contribution in [0.2, 0.25) is 0 Å². The molecule has 3 heteroatoms. The van der Waals surface area contributed by atoms with Crippen LogP contribution in [-0.4, -0.2) is 16.4 Å². The van der Waals surface area contributed by atoms with Crippen LogP contribution < -0.4 is 0 Å². The largest absolute Gasteiger partial charge is 0.251 e. The predicted molar refractivity (Wildman–Crippen MR) is 227 cm³/mol. The molecule has 2 aliphatic rings. The zero-order valence-electron chi connectivity index (χ0n) is 34.1. The van der Waals surface area contributed by atoms with Crippen molar-refractivity contribution in [1.82, 2.24) is 4.98 Å². The number of hydrogen-bond donors (Lipinski definition) is 0. The summed E-state index contributed by atoms with van der Waals surface area (Å²) in [4.78, 5) is 16.1. The van der Waals surface area contributed by atoms with Gasteiger partial charge in [0.1, 0.15) is 0 Å². The minimum atomic E-state index is 0.575. The predicted octanol–water partition coefficient (Wildman–Crippen LogP) is 15.4. The highest BCUT2D eigenvalue weighted by molar-refractivity contribution is 6.02. The maximum absolute atomic E-state index is 5.42. The van der Waals surface area contributed by atoms with Gasteiger partial charge in [-0.15, -0.1) is 0 Å². The zero-order valence-corrected chi connectivity index (χ0v) is 34.1. The van der Waals surface area contributed by atoms with E-state index in [-0.39, 0.29) is 0 Å². The van der Waals surface area contributed by atoms with Crippen LogP contribution in [0.4, 0.5) is 11.4 Å². The quantitative estimate of drug-likeness (QED) is 0.236. The van der Waals surface area contributed by atoms with Gasteiger partial charge in [0, 0.05) is 0 Å². The zero-order chi connectivity index (χ0) is 36.7. The first kappa shape index (κ1) is 40.1. The van der Waals surface area contributed by atoms with Crippen LogP contribution in [0.3, 0.4) is 0 Å². The topological polar surface area (TPSA) is 37.6 Å². The molecular weight excluding hydrogens is 631 g/mol. The first-order valence-corrected chi connectivity index (χ1v) is 21.6. The number of benzene rings is 2. The molecule has 0 aliphatic heterocycles. The molecule has 282 valence electrons. The summed E-state index contributed by atoms with van der Waals surface area (Å²) in [5.41, 5.74) is 14.4. The van der Waals surface area contributed by atoms with Gasteiger partial charge in [0.05, 0.1) is 34.2 Å². The molecule has 0 amide bonds. The van der Waals surface area contributed by atoms with Gasteiger partial charge < -0.3 is 0 Å². The molecule has 2 fully saturated rings. The van der Waals surface area contributed by atoms with Crippen LogP contribution in [0.15, 0.2) is 52.4 Å². The smallest absolute Gasteiger partial charge is 0.0849 e. The first-order valence-electron chi connectivity index (χ1n) is 21.6. The molecular formula is C49H71N3. The molecule has 1 aromatic heterocycles. The molecule has 0 N–H and O–H groups in total. The Hall–Kier alpha value is -3.07. The second-order valence-corrected chi connectivity index (χ2v) is 16.8. The van der Waals surface area contributed by atoms with E-state index >= 15 is 0 Å². The normalized spacial score (nSPS) is 19.3. The Morgan fingerprint density at radius 1 is 0.462 bits per heavy atom. The molecule has 2 saturated carbocycles. The SMILES string of the molecule is CC(=Nc1c(C)cc(C)cc1C1CCCCCCCCCCC1)c1cccc(C(C)=Nc2c(C)cc(C)cc2C2CCCCCCCCCCC2)n1. The Morgan fingerprint density at radius 3 is 1.10 bits per heavy atom. The number of nitrogens with zero attached hydrogens (tertiary/aromatic N) is 3. The van der Waals surface area contributed by atoms with E-state index in [1.54, 1.807) is 0 Å². The van der Waals surface area contributed by atoms with Gasteiger partial charge in [-0.25, -0.2) is 4.98 Å². The van der Waals surface area contributed by atoms with Gasteiger partial charge in [0.15, 0.2) is 0 Å². The summed E-state index contributed by atoms with van der Waals surface area (Å²) in [5.74, 6) is 1.15. The van der Waals surface area contributed by atoms with Gasteiger partial charge >= 0.3 is 0 Å². The average Bonchev–Trinajstić information content (AvgIpc) is 3.11. The lowest BCUT2D eigenvalue weighted by molar-refractivity contribution is 0.467. The number of pyridine rings is 1. The molecule has 0 spiro atoms. The van der Waals surface area contributed by atoms with Crippen LogP contribution in [0.25, 0.3) is 0 Å². The number of aryl methyl sites for hydroxylation is 4. The van der Waals surface area contributed by atoms with Crippen molar-refractivity contribution in [1.29, 1.82) is 0 Å². The minimum Gasteiger partial charge on any atom is -0.251 e. The van der Waals surface area contributed by atoms with Gasteiger partial charge in [0.2, 0.25) is 0 Å². The van der Waals surface area contributed by atoms with E-state index < -0.39 is 0 Å². The molecule has 1 heterocycles. The Labute approximate surface area is 318 Å². The molecule has 0 atom stereocenters. The third-order valence-corrected chi connectivity index (χ3v) is 12.1. The van der Waals surface area contributed by atoms with Crippen molar-refractivity contribution in [3.63, 3.8) is 0 Å². The fourth-order valence-corrected chi connectivity index (χ4v) is 9.15. The minimum absolute atomic E-state index is 0.575. The number of aliphatic imine (C=N–C) groups is 2. The lowest BCUT2D eigenvalue weighted by atomic mass is 9.85. The summed E-state index contributed by atoms with van der Waals surface area (Å²) in [6.45, 7) is 13.3. The molecule has 5 rings (SSSR count). The van der Waals surface area contributed by atoms with Gasteiger partial charge in [-0.1, -0.05) is 157 Å². The van der Waals surface area contributed by atoms with Crippen molar-refractivity contribution in [3.05, 3.63) is 87.2 Å². The standard InChI is InChI=1S/C49H71N3/c1-36-32-38(3)48(44(34-36)42-26-21-17-13-9-7-10-14-18-22-27-42)50-40(5)46-30-25-31-47(52-46)41(6)51-49-39(4)33-37(2)35-45(49)43-28-23-19-15-11-8-12-16-20-24-29-43/h25,30-35,42-43H,7-24,26-29H2,1-6H3. The van der Waals surface area contributed by atoms with E-state index in [0.717, 1.165) is 22.8 Å². The van der Waals surface area contributed by atoms with Crippen LogP contribution in [0.5, 0.6) is 0 Å². The highest BCUT2D eigenvalue weighted by Crippen LogP contribution is 2.40. The lowest BCUT2D eigenvalue weighted by Crippen LogP contribution is -2.07. The Kier molecular flexibility index (Phi) is 16.2.